The molecular formula is C16H21BrN4O3. The summed E-state index contributed by atoms with van der Waals surface area (Å²) in [6.45, 7) is 3.61. The van der Waals surface area contributed by atoms with Gasteiger partial charge in [0.2, 0.25) is 5.91 Å². The van der Waals surface area contributed by atoms with E-state index in [2.05, 4.69) is 31.5 Å². The molecule has 0 atom stereocenters. The maximum atomic E-state index is 12.7. The molecule has 2 N–H and O–H groups in total. The van der Waals surface area contributed by atoms with Crippen LogP contribution in [0.4, 0.5) is 10.6 Å². The summed E-state index contributed by atoms with van der Waals surface area (Å²) in [6.07, 6.45) is 4.23. The van der Waals surface area contributed by atoms with Gasteiger partial charge in [0.15, 0.2) is 0 Å². The highest BCUT2D eigenvalue weighted by Crippen LogP contribution is 2.27. The number of anilines is 1. The summed E-state index contributed by atoms with van der Waals surface area (Å²) in [6, 6.07) is 2.86. The summed E-state index contributed by atoms with van der Waals surface area (Å²) >= 11 is 3.26. The van der Waals surface area contributed by atoms with Crippen molar-refractivity contribution < 1.29 is 14.4 Å². The molecule has 0 saturated carbocycles. The van der Waals surface area contributed by atoms with Gasteiger partial charge in [-0.3, -0.25) is 14.5 Å². The van der Waals surface area contributed by atoms with Crippen molar-refractivity contribution in [2.45, 2.75) is 45.1 Å². The highest BCUT2D eigenvalue weighted by Gasteiger charge is 2.50. The summed E-state index contributed by atoms with van der Waals surface area (Å²) in [7, 11) is 0. The van der Waals surface area contributed by atoms with Crippen LogP contribution in [0, 0.1) is 0 Å². The molecule has 7 nitrogen and oxygen atoms in total. The molecule has 0 bridgehead atoms. The zero-order chi connectivity index (χ0) is 17.7. The zero-order valence-electron chi connectivity index (χ0n) is 13.8. The van der Waals surface area contributed by atoms with Gasteiger partial charge >= 0.3 is 6.03 Å². The maximum Gasteiger partial charge on any atom is 0.325 e. The Bertz CT molecular complexity index is 627. The number of nitrogens with zero attached hydrogens (tertiary/aromatic N) is 2. The fourth-order valence-corrected chi connectivity index (χ4v) is 3.15. The second-order valence-corrected chi connectivity index (χ2v) is 6.73. The number of halogens is 1. The number of urea groups is 1. The molecule has 130 valence electrons. The van der Waals surface area contributed by atoms with Gasteiger partial charge in [-0.2, -0.15) is 0 Å². The van der Waals surface area contributed by atoms with Crippen LogP contribution in [-0.2, 0) is 9.59 Å². The van der Waals surface area contributed by atoms with E-state index in [4.69, 9.17) is 0 Å². The average molecular weight is 397 g/mol. The van der Waals surface area contributed by atoms with E-state index in [9.17, 15) is 14.4 Å². The second-order valence-electron chi connectivity index (χ2n) is 5.81. The molecule has 1 aromatic heterocycles. The molecule has 1 saturated heterocycles. The Kier molecular flexibility index (Phi) is 5.93. The van der Waals surface area contributed by atoms with Crippen molar-refractivity contribution in [2.24, 2.45) is 0 Å². The second kappa shape index (κ2) is 7.74. The molecule has 1 fully saturated rings. The number of hydrogen-bond donors (Lipinski definition) is 2. The van der Waals surface area contributed by atoms with Gasteiger partial charge in [0.05, 0.1) is 0 Å². The first-order chi connectivity index (χ1) is 11.4. The summed E-state index contributed by atoms with van der Waals surface area (Å²) in [5.74, 6) is -0.420. The van der Waals surface area contributed by atoms with E-state index < -0.39 is 17.5 Å². The molecule has 24 heavy (non-hydrogen) atoms. The normalized spacial score (nSPS) is 16.2. The van der Waals surface area contributed by atoms with Crippen molar-refractivity contribution >= 4 is 39.6 Å². The quantitative estimate of drug-likeness (QED) is 0.692. The average Bonchev–Trinajstić information content (AvgIpc) is 2.75. The third-order valence-electron chi connectivity index (χ3n) is 3.90. The predicted octanol–water partition coefficient (Wildman–Crippen LogP) is 2.67. The number of pyridine rings is 1. The molecule has 0 aliphatic carbocycles. The van der Waals surface area contributed by atoms with Crippen molar-refractivity contribution in [1.82, 2.24) is 15.2 Å². The van der Waals surface area contributed by atoms with E-state index in [-0.39, 0.29) is 12.5 Å². The molecule has 8 heteroatoms. The number of rotatable bonds is 7. The fraction of sp³-hybridized carbons (Fsp3) is 0.500. The minimum Gasteiger partial charge on any atom is -0.323 e. The SMILES string of the molecule is CCCC1(CCC)NC(=O)N(CC(=O)Nc2ccc(Br)cn2)C1=O. The van der Waals surface area contributed by atoms with Gasteiger partial charge in [-0.05, 0) is 40.9 Å². The third-order valence-corrected chi connectivity index (χ3v) is 4.37. The largest absolute Gasteiger partial charge is 0.325 e. The lowest BCUT2D eigenvalue weighted by Gasteiger charge is -2.25. The van der Waals surface area contributed by atoms with Crippen molar-refractivity contribution in [2.75, 3.05) is 11.9 Å². The Morgan fingerprint density at radius 1 is 1.29 bits per heavy atom. The van der Waals surface area contributed by atoms with Crippen molar-refractivity contribution in [3.05, 3.63) is 22.8 Å². The Balaban J connectivity index is 2.05. The summed E-state index contributed by atoms with van der Waals surface area (Å²) in [5, 5.41) is 5.37. The number of nitrogens with one attached hydrogen (secondary N) is 2. The Hall–Kier alpha value is -1.96. The van der Waals surface area contributed by atoms with Crippen LogP contribution in [0.3, 0.4) is 0 Å². The Morgan fingerprint density at radius 3 is 2.50 bits per heavy atom. The summed E-state index contributed by atoms with van der Waals surface area (Å²) in [5.41, 5.74) is -0.878. The van der Waals surface area contributed by atoms with E-state index in [1.807, 2.05) is 13.8 Å². The number of imide groups is 1. The Labute approximate surface area is 149 Å². The van der Waals surface area contributed by atoms with E-state index in [0.717, 1.165) is 22.2 Å². The van der Waals surface area contributed by atoms with Crippen LogP contribution in [-0.4, -0.2) is 39.8 Å². The minimum absolute atomic E-state index is 0.322. The van der Waals surface area contributed by atoms with Crippen LogP contribution in [0.25, 0.3) is 0 Å². The summed E-state index contributed by atoms with van der Waals surface area (Å²) in [4.78, 5) is 42.0. The molecule has 0 spiro atoms. The molecule has 1 aliphatic heterocycles. The van der Waals surface area contributed by atoms with Crippen molar-refractivity contribution in [1.29, 1.82) is 0 Å². The standard InChI is InChI=1S/C16H21BrN4O3/c1-3-7-16(8-4-2)14(23)21(15(24)20-16)10-13(22)19-12-6-5-11(17)9-18-12/h5-6,9H,3-4,7-8,10H2,1-2H3,(H,20,24)(H,18,19,22). The first kappa shape index (κ1) is 18.4. The van der Waals surface area contributed by atoms with Crippen LogP contribution >= 0.6 is 15.9 Å². The van der Waals surface area contributed by atoms with Gasteiger partial charge in [-0.15, -0.1) is 0 Å². The van der Waals surface area contributed by atoms with E-state index >= 15 is 0 Å². The number of carbonyl (C=O) groups excluding carboxylic acids is 3. The van der Waals surface area contributed by atoms with Crippen molar-refractivity contribution in [3.63, 3.8) is 0 Å². The van der Waals surface area contributed by atoms with Gasteiger partial charge in [-0.1, -0.05) is 26.7 Å². The highest BCUT2D eigenvalue weighted by molar-refractivity contribution is 9.10. The van der Waals surface area contributed by atoms with Crippen LogP contribution in [0.5, 0.6) is 0 Å². The molecule has 1 aliphatic rings. The topological polar surface area (TPSA) is 91.4 Å². The molecule has 0 radical (unpaired) electrons. The van der Waals surface area contributed by atoms with Gasteiger partial charge in [0, 0.05) is 10.7 Å². The molecule has 2 rings (SSSR count). The lowest BCUT2D eigenvalue weighted by Crippen LogP contribution is -2.47. The Morgan fingerprint density at radius 2 is 1.96 bits per heavy atom. The lowest BCUT2D eigenvalue weighted by atomic mass is 9.88. The zero-order valence-corrected chi connectivity index (χ0v) is 15.4. The smallest absolute Gasteiger partial charge is 0.323 e. The molecule has 2 heterocycles. The van der Waals surface area contributed by atoms with E-state index in [1.165, 1.54) is 0 Å². The lowest BCUT2D eigenvalue weighted by molar-refractivity contribution is -0.134. The number of aromatic nitrogens is 1. The van der Waals surface area contributed by atoms with Gasteiger partial charge in [0.25, 0.3) is 5.91 Å². The molecular weight excluding hydrogens is 376 g/mol. The van der Waals surface area contributed by atoms with E-state index in [1.54, 1.807) is 18.3 Å². The summed E-state index contributed by atoms with van der Waals surface area (Å²) < 4.78 is 0.790. The van der Waals surface area contributed by atoms with Crippen LogP contribution in [0.15, 0.2) is 22.8 Å². The molecule has 0 aromatic carbocycles. The fourth-order valence-electron chi connectivity index (χ4n) is 2.91. The molecule has 1 aromatic rings. The minimum atomic E-state index is -0.878. The van der Waals surface area contributed by atoms with Crippen LogP contribution in [0.2, 0.25) is 0 Å². The highest BCUT2D eigenvalue weighted by atomic mass is 79.9. The number of amides is 4. The van der Waals surface area contributed by atoms with Gasteiger partial charge in [-0.25, -0.2) is 9.78 Å². The monoisotopic (exact) mass is 396 g/mol. The van der Waals surface area contributed by atoms with Crippen LogP contribution in [0.1, 0.15) is 39.5 Å². The number of hydrogen-bond acceptors (Lipinski definition) is 4. The van der Waals surface area contributed by atoms with Gasteiger partial charge < -0.3 is 10.6 Å². The third kappa shape index (κ3) is 3.92. The molecule has 0 unspecified atom stereocenters. The maximum absolute atomic E-state index is 12.7. The van der Waals surface area contributed by atoms with E-state index in [0.29, 0.717) is 18.7 Å². The van der Waals surface area contributed by atoms with Gasteiger partial charge in [0.1, 0.15) is 17.9 Å². The first-order valence-electron chi connectivity index (χ1n) is 7.97. The molecule has 4 amide bonds. The first-order valence-corrected chi connectivity index (χ1v) is 8.76. The number of carbonyl (C=O) groups is 3. The van der Waals surface area contributed by atoms with Crippen molar-refractivity contribution in [3.8, 4) is 0 Å². The van der Waals surface area contributed by atoms with Crippen LogP contribution < -0.4 is 10.6 Å². The predicted molar refractivity (Wildman–Crippen MR) is 93.4 cm³/mol.